The number of nitrogens with one attached hydrogen (secondary N) is 1. The van der Waals surface area contributed by atoms with Gasteiger partial charge >= 0.3 is 0 Å². The van der Waals surface area contributed by atoms with Gasteiger partial charge in [0, 0.05) is 11.2 Å². The lowest BCUT2D eigenvalue weighted by atomic mass is 10.0. The first kappa shape index (κ1) is 23.9. The highest BCUT2D eigenvalue weighted by Crippen LogP contribution is 2.33. The van der Waals surface area contributed by atoms with Gasteiger partial charge in [0.25, 0.3) is 11.8 Å². The summed E-state index contributed by atoms with van der Waals surface area (Å²) in [5, 5.41) is 2.88. The zero-order valence-corrected chi connectivity index (χ0v) is 19.2. The van der Waals surface area contributed by atoms with Crippen LogP contribution in [0.1, 0.15) is 52.5 Å². The average molecular weight is 470 g/mol. The van der Waals surface area contributed by atoms with E-state index in [9.17, 15) is 18.8 Å². The molecule has 0 radical (unpaired) electrons. The monoisotopic (exact) mass is 469 g/mol. The molecule has 8 nitrogen and oxygen atoms in total. The first-order valence-corrected chi connectivity index (χ1v) is 10.8. The van der Waals surface area contributed by atoms with Crippen LogP contribution in [0.2, 0.25) is 0 Å². The lowest BCUT2D eigenvalue weighted by molar-refractivity contribution is -0.123. The van der Waals surface area contributed by atoms with E-state index in [-0.39, 0.29) is 16.3 Å². The molecule has 33 heavy (non-hydrogen) atoms. The number of nitrogens with two attached hydrogens (primary N) is 2. The molecule has 0 aliphatic rings. The summed E-state index contributed by atoms with van der Waals surface area (Å²) in [6, 6.07) is 12.6. The SMILES string of the molecule is CC(C)(C)NC(=O)[C@@H](c1ccc(F)cc1)N(C(=O)c1snc(C(N)=O)c1N)c1ccccc1. The molecule has 0 fully saturated rings. The maximum Gasteiger partial charge on any atom is 0.273 e. The smallest absolute Gasteiger partial charge is 0.273 e. The third kappa shape index (κ3) is 5.35. The summed E-state index contributed by atoms with van der Waals surface area (Å²) in [6.45, 7) is 5.42. The van der Waals surface area contributed by atoms with Crippen molar-refractivity contribution in [3.05, 3.63) is 76.5 Å². The number of carbonyl (C=O) groups is 3. The van der Waals surface area contributed by atoms with Crippen molar-refractivity contribution in [2.24, 2.45) is 5.73 Å². The number of halogens is 1. The van der Waals surface area contributed by atoms with E-state index < -0.39 is 35.1 Å². The van der Waals surface area contributed by atoms with E-state index in [1.54, 1.807) is 30.3 Å². The van der Waals surface area contributed by atoms with E-state index >= 15 is 0 Å². The van der Waals surface area contributed by atoms with Crippen molar-refractivity contribution < 1.29 is 18.8 Å². The summed E-state index contributed by atoms with van der Waals surface area (Å²) in [5.41, 5.74) is 11.1. The van der Waals surface area contributed by atoms with Crippen LogP contribution in [0.4, 0.5) is 15.8 Å². The highest BCUT2D eigenvalue weighted by Gasteiger charge is 2.37. The fraction of sp³-hybridized carbons (Fsp3) is 0.217. The van der Waals surface area contributed by atoms with E-state index in [4.69, 9.17) is 11.5 Å². The van der Waals surface area contributed by atoms with Crippen molar-refractivity contribution in [3.8, 4) is 0 Å². The average Bonchev–Trinajstić information content (AvgIpc) is 3.13. The maximum absolute atomic E-state index is 13.8. The molecular formula is C23H24FN5O3S. The first-order valence-electron chi connectivity index (χ1n) is 10.0. The molecule has 3 rings (SSSR count). The third-order valence-electron chi connectivity index (χ3n) is 4.60. The van der Waals surface area contributed by atoms with E-state index in [0.29, 0.717) is 22.8 Å². The molecule has 0 aliphatic carbocycles. The Bertz CT molecular complexity index is 1170. The number of primary amides is 1. The van der Waals surface area contributed by atoms with Crippen LogP contribution in [0.3, 0.4) is 0 Å². The van der Waals surface area contributed by atoms with Crippen LogP contribution in [0.5, 0.6) is 0 Å². The second-order valence-corrected chi connectivity index (χ2v) is 9.12. The molecule has 5 N–H and O–H groups in total. The Morgan fingerprint density at radius 1 is 1.06 bits per heavy atom. The number of hydrogen-bond acceptors (Lipinski definition) is 6. The number of anilines is 2. The van der Waals surface area contributed by atoms with Crippen LogP contribution >= 0.6 is 11.5 Å². The van der Waals surface area contributed by atoms with E-state index in [1.165, 1.54) is 29.2 Å². The van der Waals surface area contributed by atoms with Crippen LogP contribution in [-0.4, -0.2) is 27.6 Å². The lowest BCUT2D eigenvalue weighted by Crippen LogP contribution is -2.49. The van der Waals surface area contributed by atoms with Gasteiger partial charge in [-0.1, -0.05) is 30.3 Å². The fourth-order valence-electron chi connectivity index (χ4n) is 3.21. The lowest BCUT2D eigenvalue weighted by Gasteiger charge is -2.33. The van der Waals surface area contributed by atoms with Gasteiger partial charge in [-0.3, -0.25) is 19.3 Å². The van der Waals surface area contributed by atoms with E-state index in [1.807, 2.05) is 20.8 Å². The number of aromatic nitrogens is 1. The molecule has 1 atom stereocenters. The predicted octanol–water partition coefficient (Wildman–Crippen LogP) is 3.27. The van der Waals surface area contributed by atoms with E-state index in [2.05, 4.69) is 9.69 Å². The zero-order chi connectivity index (χ0) is 24.3. The van der Waals surface area contributed by atoms with Crippen LogP contribution < -0.4 is 21.7 Å². The summed E-state index contributed by atoms with van der Waals surface area (Å²) in [5.74, 6) is -2.48. The molecule has 0 aliphatic heterocycles. The van der Waals surface area contributed by atoms with Crippen LogP contribution in [-0.2, 0) is 4.79 Å². The Balaban J connectivity index is 2.20. The standard InChI is InChI=1S/C23H24FN5O3S/c1-23(2,3)27-21(31)18(13-9-11-14(24)12-10-13)29(15-7-5-4-6-8-15)22(32)19-16(25)17(20(26)30)28-33-19/h4-12,18H,25H2,1-3H3,(H2,26,30)(H,27,31)/t18-/m1/s1. The first-order chi connectivity index (χ1) is 15.5. The predicted molar refractivity (Wildman–Crippen MR) is 125 cm³/mol. The van der Waals surface area contributed by atoms with Crippen molar-refractivity contribution in [2.45, 2.75) is 32.4 Å². The Morgan fingerprint density at radius 3 is 2.18 bits per heavy atom. The van der Waals surface area contributed by atoms with Crippen molar-refractivity contribution in [1.82, 2.24) is 9.69 Å². The van der Waals surface area contributed by atoms with Gasteiger partial charge in [0.1, 0.15) is 16.7 Å². The summed E-state index contributed by atoms with van der Waals surface area (Å²) in [6.07, 6.45) is 0. The van der Waals surface area contributed by atoms with Crippen molar-refractivity contribution >= 4 is 40.6 Å². The second kappa shape index (κ2) is 9.37. The number of nitrogens with zero attached hydrogens (tertiary/aromatic N) is 2. The van der Waals surface area contributed by atoms with Gasteiger partial charge in [0.05, 0.1) is 5.69 Å². The van der Waals surface area contributed by atoms with Crippen LogP contribution in [0.15, 0.2) is 54.6 Å². The van der Waals surface area contributed by atoms with Gasteiger partial charge in [0.15, 0.2) is 5.69 Å². The second-order valence-electron chi connectivity index (χ2n) is 8.34. The molecule has 3 amide bonds. The quantitative estimate of drug-likeness (QED) is 0.510. The number of rotatable bonds is 6. The van der Waals surface area contributed by atoms with Gasteiger partial charge in [-0.05, 0) is 62.1 Å². The Labute approximate surface area is 194 Å². The normalized spacial score (nSPS) is 12.1. The van der Waals surface area contributed by atoms with Gasteiger partial charge in [-0.2, -0.15) is 4.37 Å². The molecular weight excluding hydrogens is 445 g/mol. The summed E-state index contributed by atoms with van der Waals surface area (Å²) >= 11 is 0.717. The summed E-state index contributed by atoms with van der Waals surface area (Å²) < 4.78 is 17.6. The molecule has 1 heterocycles. The Hall–Kier alpha value is -3.79. The van der Waals surface area contributed by atoms with E-state index in [0.717, 1.165) is 0 Å². The number of amides is 3. The number of para-hydroxylation sites is 1. The molecule has 0 unspecified atom stereocenters. The third-order valence-corrected chi connectivity index (χ3v) is 5.45. The van der Waals surface area contributed by atoms with Gasteiger partial charge in [-0.25, -0.2) is 4.39 Å². The molecule has 3 aromatic rings. The Kier molecular flexibility index (Phi) is 6.78. The molecule has 0 bridgehead atoms. The summed E-state index contributed by atoms with van der Waals surface area (Å²) in [4.78, 5) is 40.1. The van der Waals surface area contributed by atoms with Gasteiger partial charge < -0.3 is 16.8 Å². The molecule has 10 heteroatoms. The fourth-order valence-corrected chi connectivity index (χ4v) is 3.95. The van der Waals surface area contributed by atoms with Gasteiger partial charge in [-0.15, -0.1) is 0 Å². The van der Waals surface area contributed by atoms with Crippen molar-refractivity contribution in [2.75, 3.05) is 10.6 Å². The number of nitrogen functional groups attached to an aromatic ring is 1. The summed E-state index contributed by atoms with van der Waals surface area (Å²) in [7, 11) is 0. The van der Waals surface area contributed by atoms with Crippen molar-refractivity contribution in [1.29, 1.82) is 0 Å². The highest BCUT2D eigenvalue weighted by atomic mass is 32.1. The maximum atomic E-state index is 13.8. The molecule has 0 spiro atoms. The van der Waals surface area contributed by atoms with Gasteiger partial charge in [0.2, 0.25) is 5.91 Å². The number of benzene rings is 2. The highest BCUT2D eigenvalue weighted by molar-refractivity contribution is 7.09. The molecule has 1 aromatic heterocycles. The minimum Gasteiger partial charge on any atom is -0.395 e. The number of hydrogen-bond donors (Lipinski definition) is 3. The number of carbonyl (C=O) groups excluding carboxylic acids is 3. The molecule has 0 saturated carbocycles. The topological polar surface area (TPSA) is 131 Å². The molecule has 2 aromatic carbocycles. The van der Waals surface area contributed by atoms with Crippen LogP contribution in [0, 0.1) is 5.82 Å². The van der Waals surface area contributed by atoms with Crippen molar-refractivity contribution in [3.63, 3.8) is 0 Å². The van der Waals surface area contributed by atoms with Crippen LogP contribution in [0.25, 0.3) is 0 Å². The molecule has 0 saturated heterocycles. The minimum atomic E-state index is -1.17. The largest absolute Gasteiger partial charge is 0.395 e. The minimum absolute atomic E-state index is 0.0386. The molecule has 172 valence electrons. The zero-order valence-electron chi connectivity index (χ0n) is 18.3. The Morgan fingerprint density at radius 2 is 1.67 bits per heavy atom.